The van der Waals surface area contributed by atoms with Gasteiger partial charge in [-0.2, -0.15) is 0 Å². The number of rotatable bonds is 67. The van der Waals surface area contributed by atoms with Crippen LogP contribution in [0.1, 0.15) is 330 Å². The van der Waals surface area contributed by atoms with Crippen molar-refractivity contribution < 1.29 is 80.2 Å². The lowest BCUT2D eigenvalue weighted by Crippen LogP contribution is -2.30. The van der Waals surface area contributed by atoms with Crippen LogP contribution >= 0.6 is 15.6 Å². The maximum atomic E-state index is 13.0. The molecular weight excluding hydrogens is 1170 g/mol. The molecule has 0 saturated carbocycles. The van der Waals surface area contributed by atoms with E-state index in [1.54, 1.807) is 0 Å². The van der Waals surface area contributed by atoms with Crippen LogP contribution in [-0.2, 0) is 65.4 Å². The van der Waals surface area contributed by atoms with Gasteiger partial charge < -0.3 is 33.8 Å². The molecule has 0 aromatic rings. The highest BCUT2D eigenvalue weighted by Crippen LogP contribution is 2.45. The van der Waals surface area contributed by atoms with Crippen LogP contribution in [-0.4, -0.2) is 96.7 Å². The Kier molecular flexibility index (Phi) is 60.0. The number of ether oxygens (including phenoxy) is 4. The third-order valence-electron chi connectivity index (χ3n) is 15.9. The number of aliphatic hydroxyl groups is 1. The first-order chi connectivity index (χ1) is 42.9. The Morgan fingerprint density at radius 2 is 0.663 bits per heavy atom. The molecular formula is C70H132O17P2. The summed E-state index contributed by atoms with van der Waals surface area (Å²) in [6, 6.07) is 0. The lowest BCUT2D eigenvalue weighted by atomic mass is 9.99. The molecule has 6 atom stereocenters. The molecule has 19 heteroatoms. The van der Waals surface area contributed by atoms with Gasteiger partial charge in [-0.1, -0.05) is 278 Å². The molecule has 0 aliphatic rings. The number of hydrogen-bond acceptors (Lipinski definition) is 15. The van der Waals surface area contributed by atoms with Crippen molar-refractivity contribution in [2.75, 3.05) is 39.6 Å². The van der Waals surface area contributed by atoms with Crippen molar-refractivity contribution in [3.8, 4) is 0 Å². The van der Waals surface area contributed by atoms with Gasteiger partial charge in [0.2, 0.25) is 0 Å². The molecule has 0 aliphatic carbocycles. The van der Waals surface area contributed by atoms with Crippen LogP contribution in [0.25, 0.3) is 0 Å². The Hall–Kier alpha value is -2.46. The van der Waals surface area contributed by atoms with E-state index in [1.165, 1.54) is 135 Å². The predicted octanol–water partition coefficient (Wildman–Crippen LogP) is 19.5. The van der Waals surface area contributed by atoms with Gasteiger partial charge in [-0.25, -0.2) is 9.13 Å². The van der Waals surface area contributed by atoms with Crippen LogP contribution in [0.4, 0.5) is 0 Å². The van der Waals surface area contributed by atoms with Gasteiger partial charge in [0.15, 0.2) is 12.2 Å². The third-order valence-corrected chi connectivity index (χ3v) is 17.8. The van der Waals surface area contributed by atoms with Crippen LogP contribution < -0.4 is 0 Å². The number of carbonyl (C=O) groups excluding carboxylic acids is 4. The molecule has 3 N–H and O–H groups in total. The summed E-state index contributed by atoms with van der Waals surface area (Å²) in [5.74, 6) is -0.648. The van der Waals surface area contributed by atoms with Crippen molar-refractivity contribution in [2.45, 2.75) is 349 Å². The van der Waals surface area contributed by atoms with Crippen LogP contribution in [0.15, 0.2) is 24.3 Å². The molecule has 0 amide bonds. The van der Waals surface area contributed by atoms with Crippen LogP contribution in [0.2, 0.25) is 0 Å². The molecule has 0 rings (SSSR count). The molecule has 0 fully saturated rings. The molecule has 17 nitrogen and oxygen atoms in total. The second-order valence-corrected chi connectivity index (χ2v) is 28.2. The van der Waals surface area contributed by atoms with Gasteiger partial charge in [0.1, 0.15) is 19.3 Å². The zero-order chi connectivity index (χ0) is 65.7. The molecule has 89 heavy (non-hydrogen) atoms. The summed E-state index contributed by atoms with van der Waals surface area (Å²) in [5.41, 5.74) is 0. The zero-order valence-electron chi connectivity index (χ0n) is 57.2. The minimum absolute atomic E-state index is 0.0844. The first-order valence-electron chi connectivity index (χ1n) is 35.8. The maximum Gasteiger partial charge on any atom is 0.472 e. The second kappa shape index (κ2) is 61.7. The highest BCUT2D eigenvalue weighted by molar-refractivity contribution is 7.47. The Labute approximate surface area is 542 Å². The SMILES string of the molecule is CCCCCC/C=C\C=C/CCCCCCCC(=O)O[C@H](COC(=O)CCCCCCCCCCCC(C)C)COP(=O)(O)OC[C@@H](O)COP(=O)(O)OC[C@@H](COC(=O)CCCCCCCCCCCC)OC(=O)CCCCCCCCCCC(C)CC. The fourth-order valence-corrected chi connectivity index (χ4v) is 11.6. The minimum Gasteiger partial charge on any atom is -0.462 e. The van der Waals surface area contributed by atoms with Crippen molar-refractivity contribution in [3.05, 3.63) is 24.3 Å². The van der Waals surface area contributed by atoms with Crippen LogP contribution in [0, 0.1) is 11.8 Å². The number of phosphoric acid groups is 2. The zero-order valence-corrected chi connectivity index (χ0v) is 59.0. The lowest BCUT2D eigenvalue weighted by molar-refractivity contribution is -0.161. The number of allylic oxidation sites excluding steroid dienone is 4. The first kappa shape index (κ1) is 86.5. The Bertz CT molecular complexity index is 1830. The summed E-state index contributed by atoms with van der Waals surface area (Å²) in [7, 11) is -9.91. The van der Waals surface area contributed by atoms with E-state index < -0.39 is 97.5 Å². The smallest absolute Gasteiger partial charge is 0.462 e. The molecule has 524 valence electrons. The maximum absolute atomic E-state index is 13.0. The van der Waals surface area contributed by atoms with Crippen molar-refractivity contribution in [3.63, 3.8) is 0 Å². The van der Waals surface area contributed by atoms with Crippen LogP contribution in [0.5, 0.6) is 0 Å². The van der Waals surface area contributed by atoms with Crippen molar-refractivity contribution in [2.24, 2.45) is 11.8 Å². The van der Waals surface area contributed by atoms with E-state index in [9.17, 15) is 43.2 Å². The average Bonchev–Trinajstić information content (AvgIpc) is 3.53. The Morgan fingerprint density at radius 3 is 1.01 bits per heavy atom. The van der Waals surface area contributed by atoms with E-state index >= 15 is 0 Å². The van der Waals surface area contributed by atoms with Gasteiger partial charge in [0.25, 0.3) is 0 Å². The minimum atomic E-state index is -4.96. The summed E-state index contributed by atoms with van der Waals surface area (Å²) < 4.78 is 68.2. The Balaban J connectivity index is 5.30. The van der Waals surface area contributed by atoms with E-state index in [4.69, 9.17) is 37.0 Å². The molecule has 0 saturated heterocycles. The standard InChI is InChI=1S/C70H132O17P2/c1-7-10-12-14-16-18-20-21-22-23-24-28-36-42-48-54-69(74)86-65(58-81-68(73)53-47-41-35-29-25-26-32-38-44-50-62(4)5)60-84-88(76,77)82-56-64(71)57-83-89(78,79)85-61-66(59-80-67(72)52-46-40-34-27-19-17-15-13-11-8-2)87-70(75)55-49-43-37-31-30-33-39-45-51-63(6)9-3/h18,20-22,62-66,71H,7-17,19,23-61H2,1-6H3,(H,76,77)(H,78,79)/b20-18-,22-21-/t63?,64-,65-,66-/m1/s1. The quantitative estimate of drug-likeness (QED) is 0.0169. The van der Waals surface area contributed by atoms with Crippen LogP contribution in [0.3, 0.4) is 0 Å². The van der Waals surface area contributed by atoms with E-state index in [0.717, 1.165) is 115 Å². The van der Waals surface area contributed by atoms with E-state index in [0.29, 0.717) is 25.7 Å². The molecule has 0 heterocycles. The molecule has 0 aromatic heterocycles. The molecule has 0 aromatic carbocycles. The molecule has 0 aliphatic heterocycles. The summed E-state index contributed by atoms with van der Waals surface area (Å²) in [5, 5.41) is 10.6. The van der Waals surface area contributed by atoms with Gasteiger partial charge in [-0.05, 0) is 63.2 Å². The summed E-state index contributed by atoms with van der Waals surface area (Å²) in [4.78, 5) is 72.5. The van der Waals surface area contributed by atoms with Crippen molar-refractivity contribution >= 4 is 39.5 Å². The van der Waals surface area contributed by atoms with Gasteiger partial charge in [-0.15, -0.1) is 0 Å². The van der Waals surface area contributed by atoms with Gasteiger partial charge in [0, 0.05) is 25.7 Å². The fourth-order valence-electron chi connectivity index (χ4n) is 10.0. The van der Waals surface area contributed by atoms with E-state index in [2.05, 4.69) is 65.8 Å². The number of esters is 4. The largest absolute Gasteiger partial charge is 0.472 e. The lowest BCUT2D eigenvalue weighted by Gasteiger charge is -2.21. The van der Waals surface area contributed by atoms with E-state index in [-0.39, 0.29) is 25.7 Å². The Morgan fingerprint density at radius 1 is 0.371 bits per heavy atom. The molecule has 3 unspecified atom stereocenters. The molecule has 0 radical (unpaired) electrons. The summed E-state index contributed by atoms with van der Waals surface area (Å²) >= 11 is 0. The summed E-state index contributed by atoms with van der Waals surface area (Å²) in [6.45, 7) is 9.44. The number of hydrogen-bond donors (Lipinski definition) is 3. The number of phosphoric ester groups is 2. The fraction of sp³-hybridized carbons (Fsp3) is 0.886. The number of carbonyl (C=O) groups is 4. The summed E-state index contributed by atoms with van der Waals surface area (Å²) in [6.07, 6.45) is 49.3. The average molecular weight is 1310 g/mol. The van der Waals surface area contributed by atoms with Crippen molar-refractivity contribution in [1.29, 1.82) is 0 Å². The first-order valence-corrected chi connectivity index (χ1v) is 38.8. The molecule has 0 bridgehead atoms. The van der Waals surface area contributed by atoms with Gasteiger partial charge in [0.05, 0.1) is 26.4 Å². The topological polar surface area (TPSA) is 237 Å². The number of unbranched alkanes of at least 4 members (excludes halogenated alkanes) is 33. The van der Waals surface area contributed by atoms with E-state index in [1.807, 2.05) is 0 Å². The monoisotopic (exact) mass is 1310 g/mol. The normalized spacial score (nSPS) is 14.6. The second-order valence-electron chi connectivity index (χ2n) is 25.3. The van der Waals surface area contributed by atoms with Crippen molar-refractivity contribution in [1.82, 2.24) is 0 Å². The number of aliphatic hydroxyl groups excluding tert-OH is 1. The predicted molar refractivity (Wildman–Crippen MR) is 358 cm³/mol. The highest BCUT2D eigenvalue weighted by atomic mass is 31.2. The third kappa shape index (κ3) is 62.7. The molecule has 0 spiro atoms. The van der Waals surface area contributed by atoms with Gasteiger partial charge in [-0.3, -0.25) is 37.3 Å². The highest BCUT2D eigenvalue weighted by Gasteiger charge is 2.30. The van der Waals surface area contributed by atoms with Gasteiger partial charge >= 0.3 is 39.5 Å².